The molecule has 100 valence electrons. The summed E-state index contributed by atoms with van der Waals surface area (Å²) in [5.41, 5.74) is 5.54. The molecule has 1 rings (SSSR count). The van der Waals surface area contributed by atoms with E-state index in [9.17, 15) is 18.0 Å². The number of nitrogens with zero attached hydrogens (tertiary/aromatic N) is 1. The van der Waals surface area contributed by atoms with Gasteiger partial charge < -0.3 is 11.1 Å². The van der Waals surface area contributed by atoms with Gasteiger partial charge in [-0.15, -0.1) is 0 Å². The van der Waals surface area contributed by atoms with E-state index in [-0.39, 0.29) is 16.4 Å². The van der Waals surface area contributed by atoms with Crippen molar-refractivity contribution in [2.24, 2.45) is 0 Å². The molecule has 1 amide bonds. The molecule has 0 saturated heterocycles. The largest absolute Gasteiger partial charge is 0.397 e. The fourth-order valence-corrected chi connectivity index (χ4v) is 1.49. The minimum absolute atomic E-state index is 0.00373. The summed E-state index contributed by atoms with van der Waals surface area (Å²) in [6.45, 7) is 1.25. The average Bonchev–Trinajstić information content (AvgIpc) is 2.18. The first-order valence-corrected chi connectivity index (χ1v) is 5.35. The van der Waals surface area contributed by atoms with Crippen LogP contribution in [0.25, 0.3) is 0 Å². The molecule has 3 N–H and O–H groups in total. The van der Waals surface area contributed by atoms with Crippen LogP contribution in [0.2, 0.25) is 5.15 Å². The van der Waals surface area contributed by atoms with Crippen LogP contribution in [0.4, 0.5) is 18.9 Å². The molecular weight excluding hydrogens is 271 g/mol. The number of aromatic nitrogens is 1. The van der Waals surface area contributed by atoms with Gasteiger partial charge in [-0.3, -0.25) is 4.79 Å². The van der Waals surface area contributed by atoms with Crippen molar-refractivity contribution in [2.75, 3.05) is 5.73 Å². The number of nitrogens with one attached hydrogen (secondary N) is 1. The minimum atomic E-state index is -4.34. The number of anilines is 1. The number of halogens is 4. The lowest BCUT2D eigenvalue weighted by Gasteiger charge is -2.16. The van der Waals surface area contributed by atoms with Crippen LogP contribution in [-0.2, 0) is 0 Å². The van der Waals surface area contributed by atoms with Crippen molar-refractivity contribution in [2.45, 2.75) is 25.6 Å². The van der Waals surface area contributed by atoms with E-state index in [1.54, 1.807) is 0 Å². The molecule has 1 heterocycles. The number of hydrogen-bond acceptors (Lipinski definition) is 3. The zero-order chi connectivity index (χ0) is 13.9. The predicted molar refractivity (Wildman–Crippen MR) is 61.3 cm³/mol. The highest BCUT2D eigenvalue weighted by Crippen LogP contribution is 2.22. The number of hydrogen-bond donors (Lipinski definition) is 2. The Balaban J connectivity index is 2.74. The number of carbonyl (C=O) groups excluding carboxylic acids is 1. The second kappa shape index (κ2) is 5.43. The van der Waals surface area contributed by atoms with Gasteiger partial charge in [-0.2, -0.15) is 13.2 Å². The predicted octanol–water partition coefficient (Wildman–Crippen LogP) is 2.39. The van der Waals surface area contributed by atoms with E-state index in [1.165, 1.54) is 19.2 Å². The van der Waals surface area contributed by atoms with Crippen molar-refractivity contribution in [1.82, 2.24) is 10.3 Å². The van der Waals surface area contributed by atoms with Gasteiger partial charge in [0.2, 0.25) is 0 Å². The van der Waals surface area contributed by atoms with Gasteiger partial charge in [0, 0.05) is 6.04 Å². The molecule has 1 aromatic heterocycles. The summed E-state index contributed by atoms with van der Waals surface area (Å²) in [5.74, 6) is -0.714. The average molecular weight is 282 g/mol. The van der Waals surface area contributed by atoms with Crippen LogP contribution < -0.4 is 11.1 Å². The Kier molecular flexibility index (Phi) is 4.39. The molecule has 1 unspecified atom stereocenters. The minimum Gasteiger partial charge on any atom is -0.397 e. The summed E-state index contributed by atoms with van der Waals surface area (Å²) < 4.78 is 36.3. The lowest BCUT2D eigenvalue weighted by molar-refractivity contribution is -0.138. The number of pyridine rings is 1. The fraction of sp³-hybridized carbons (Fsp3) is 0.400. The van der Waals surface area contributed by atoms with Gasteiger partial charge in [-0.05, 0) is 13.0 Å². The number of nitrogens with two attached hydrogens (primary N) is 1. The van der Waals surface area contributed by atoms with Crippen molar-refractivity contribution in [1.29, 1.82) is 0 Å². The quantitative estimate of drug-likeness (QED) is 0.836. The summed E-state index contributed by atoms with van der Waals surface area (Å²) in [7, 11) is 0. The highest BCUT2D eigenvalue weighted by atomic mass is 35.5. The topological polar surface area (TPSA) is 68.0 Å². The van der Waals surface area contributed by atoms with Gasteiger partial charge >= 0.3 is 6.18 Å². The molecular formula is C10H11ClF3N3O. The van der Waals surface area contributed by atoms with Crippen LogP contribution in [0.15, 0.2) is 12.3 Å². The third-order valence-corrected chi connectivity index (χ3v) is 2.27. The van der Waals surface area contributed by atoms with Gasteiger partial charge in [-0.25, -0.2) is 4.98 Å². The van der Waals surface area contributed by atoms with Crippen LogP contribution in [0.5, 0.6) is 0 Å². The molecule has 0 radical (unpaired) electrons. The lowest BCUT2D eigenvalue weighted by atomic mass is 10.2. The van der Waals surface area contributed by atoms with Crippen LogP contribution in [-0.4, -0.2) is 23.1 Å². The van der Waals surface area contributed by atoms with Crippen LogP contribution in [0.1, 0.15) is 23.7 Å². The smallest absolute Gasteiger partial charge is 0.391 e. The molecule has 18 heavy (non-hydrogen) atoms. The van der Waals surface area contributed by atoms with Crippen molar-refractivity contribution >= 4 is 23.2 Å². The van der Waals surface area contributed by atoms with Crippen molar-refractivity contribution in [3.8, 4) is 0 Å². The second-order valence-corrected chi connectivity index (χ2v) is 4.18. The standard InChI is InChI=1S/C10H11ClF3N3O/c1-5(3-10(12,13)14)17-9(18)6-2-8(11)16-4-7(6)15/h2,4-5H,3,15H2,1H3,(H,17,18). The highest BCUT2D eigenvalue weighted by Gasteiger charge is 2.30. The van der Waals surface area contributed by atoms with Gasteiger partial charge in [0.25, 0.3) is 5.91 Å². The van der Waals surface area contributed by atoms with Crippen molar-refractivity contribution < 1.29 is 18.0 Å². The van der Waals surface area contributed by atoms with E-state index < -0.39 is 24.5 Å². The van der Waals surface area contributed by atoms with Crippen molar-refractivity contribution in [3.05, 3.63) is 23.0 Å². The van der Waals surface area contributed by atoms with E-state index in [4.69, 9.17) is 17.3 Å². The Morgan fingerprint density at radius 2 is 2.22 bits per heavy atom. The Hall–Kier alpha value is -1.50. The summed E-state index contributed by atoms with van der Waals surface area (Å²) >= 11 is 5.58. The molecule has 8 heteroatoms. The fourth-order valence-electron chi connectivity index (χ4n) is 1.34. The molecule has 0 saturated carbocycles. The lowest BCUT2D eigenvalue weighted by Crippen LogP contribution is -2.36. The second-order valence-electron chi connectivity index (χ2n) is 3.79. The molecule has 0 aliphatic rings. The maximum atomic E-state index is 12.1. The summed E-state index contributed by atoms with van der Waals surface area (Å²) in [5, 5.41) is 2.24. The van der Waals surface area contributed by atoms with Crippen LogP contribution in [0, 0.1) is 0 Å². The SMILES string of the molecule is CC(CC(F)(F)F)NC(=O)c1cc(Cl)ncc1N. The van der Waals surface area contributed by atoms with Gasteiger partial charge in [-0.1, -0.05) is 11.6 Å². The number of carbonyl (C=O) groups is 1. The Labute approximate surface area is 106 Å². The number of rotatable bonds is 3. The molecule has 4 nitrogen and oxygen atoms in total. The van der Waals surface area contributed by atoms with Gasteiger partial charge in [0.1, 0.15) is 5.15 Å². The van der Waals surface area contributed by atoms with E-state index in [1.807, 2.05) is 0 Å². The third kappa shape index (κ3) is 4.40. The summed E-state index contributed by atoms with van der Waals surface area (Å²) in [4.78, 5) is 15.3. The molecule has 0 aliphatic heterocycles. The Bertz CT molecular complexity index is 450. The molecule has 0 bridgehead atoms. The number of alkyl halides is 3. The Morgan fingerprint density at radius 3 is 2.78 bits per heavy atom. The van der Waals surface area contributed by atoms with Gasteiger partial charge in [0.05, 0.1) is 23.9 Å². The maximum Gasteiger partial charge on any atom is 0.391 e. The normalized spacial score (nSPS) is 13.2. The maximum absolute atomic E-state index is 12.1. The zero-order valence-corrected chi connectivity index (χ0v) is 10.1. The monoisotopic (exact) mass is 281 g/mol. The first kappa shape index (κ1) is 14.6. The number of amides is 1. The van der Waals surface area contributed by atoms with E-state index in [2.05, 4.69) is 10.3 Å². The van der Waals surface area contributed by atoms with E-state index >= 15 is 0 Å². The van der Waals surface area contributed by atoms with E-state index in [0.717, 1.165) is 0 Å². The Morgan fingerprint density at radius 1 is 1.61 bits per heavy atom. The highest BCUT2D eigenvalue weighted by molar-refractivity contribution is 6.29. The molecule has 0 aliphatic carbocycles. The summed E-state index contributed by atoms with van der Waals surface area (Å²) in [6, 6.07) is 0.149. The molecule has 0 aromatic carbocycles. The molecule has 0 fully saturated rings. The third-order valence-electron chi connectivity index (χ3n) is 2.06. The van der Waals surface area contributed by atoms with Crippen molar-refractivity contribution in [3.63, 3.8) is 0 Å². The molecule has 1 atom stereocenters. The van der Waals surface area contributed by atoms with E-state index in [0.29, 0.717) is 0 Å². The summed E-state index contributed by atoms with van der Waals surface area (Å²) in [6.07, 6.45) is -4.28. The first-order valence-electron chi connectivity index (χ1n) is 4.97. The number of nitrogen functional groups attached to an aromatic ring is 1. The van der Waals surface area contributed by atoms with Crippen LogP contribution >= 0.6 is 11.6 Å². The zero-order valence-electron chi connectivity index (χ0n) is 9.38. The van der Waals surface area contributed by atoms with Crippen LogP contribution in [0.3, 0.4) is 0 Å². The molecule has 0 spiro atoms. The first-order chi connectivity index (χ1) is 8.19. The molecule has 1 aromatic rings. The van der Waals surface area contributed by atoms with Gasteiger partial charge in [0.15, 0.2) is 0 Å².